The number of hydrogen-bond acceptors (Lipinski definition) is 3. The molecule has 0 aliphatic heterocycles. The zero-order valence-corrected chi connectivity index (χ0v) is 12.9. The minimum absolute atomic E-state index is 0.165. The van der Waals surface area contributed by atoms with E-state index in [4.69, 9.17) is 0 Å². The van der Waals surface area contributed by atoms with Crippen molar-refractivity contribution < 1.29 is 5.11 Å². The summed E-state index contributed by atoms with van der Waals surface area (Å²) in [5.41, 5.74) is -0.165. The Balaban J connectivity index is 2.41. The Morgan fingerprint density at radius 1 is 1.33 bits per heavy atom. The van der Waals surface area contributed by atoms with Crippen molar-refractivity contribution in [1.82, 2.24) is 10.2 Å². The molecular weight excluding hydrogens is 224 g/mol. The number of hydrogen-bond donors (Lipinski definition) is 2. The lowest BCUT2D eigenvalue weighted by Gasteiger charge is -2.39. The summed E-state index contributed by atoms with van der Waals surface area (Å²) < 4.78 is 0. The standard InChI is InChI=1S/C15H32N2O/c1-12(2)16-15(4,11-18)9-13(3)17(5)10-14-7-6-8-14/h12-14,16,18H,6-11H2,1-5H3. The molecule has 1 rings (SSSR count). The van der Waals surface area contributed by atoms with E-state index < -0.39 is 0 Å². The second-order valence-corrected chi connectivity index (χ2v) is 6.81. The topological polar surface area (TPSA) is 35.5 Å². The van der Waals surface area contributed by atoms with Gasteiger partial charge in [-0.25, -0.2) is 0 Å². The number of nitrogens with zero attached hydrogens (tertiary/aromatic N) is 1. The normalized spacial score (nSPS) is 22.0. The Morgan fingerprint density at radius 2 is 1.94 bits per heavy atom. The summed E-state index contributed by atoms with van der Waals surface area (Å²) in [4.78, 5) is 2.46. The highest BCUT2D eigenvalue weighted by Crippen LogP contribution is 2.28. The molecular formula is C15H32N2O. The lowest BCUT2D eigenvalue weighted by Crippen LogP contribution is -2.53. The second-order valence-electron chi connectivity index (χ2n) is 6.81. The van der Waals surface area contributed by atoms with E-state index >= 15 is 0 Å². The van der Waals surface area contributed by atoms with Gasteiger partial charge in [-0.1, -0.05) is 20.3 Å². The molecule has 1 aliphatic carbocycles. The molecule has 0 saturated heterocycles. The van der Waals surface area contributed by atoms with Crippen LogP contribution in [0.15, 0.2) is 0 Å². The smallest absolute Gasteiger partial charge is 0.0611 e. The van der Waals surface area contributed by atoms with Gasteiger partial charge in [0.25, 0.3) is 0 Å². The lowest BCUT2D eigenvalue weighted by atomic mass is 9.84. The van der Waals surface area contributed by atoms with Gasteiger partial charge in [0.05, 0.1) is 6.61 Å². The van der Waals surface area contributed by atoms with Crippen LogP contribution < -0.4 is 5.32 Å². The summed E-state index contributed by atoms with van der Waals surface area (Å²) >= 11 is 0. The number of aliphatic hydroxyl groups is 1. The Labute approximate surface area is 113 Å². The predicted molar refractivity (Wildman–Crippen MR) is 77.8 cm³/mol. The van der Waals surface area contributed by atoms with Crippen LogP contribution in [0.2, 0.25) is 0 Å². The third-order valence-corrected chi connectivity index (χ3v) is 4.26. The van der Waals surface area contributed by atoms with E-state index in [9.17, 15) is 5.11 Å². The van der Waals surface area contributed by atoms with Gasteiger partial charge < -0.3 is 15.3 Å². The summed E-state index contributed by atoms with van der Waals surface area (Å²) in [6.07, 6.45) is 5.21. The molecule has 0 spiro atoms. The first-order valence-electron chi connectivity index (χ1n) is 7.45. The third kappa shape index (κ3) is 4.87. The highest BCUT2D eigenvalue weighted by Gasteiger charge is 2.29. The third-order valence-electron chi connectivity index (χ3n) is 4.26. The van der Waals surface area contributed by atoms with Crippen LogP contribution in [0.5, 0.6) is 0 Å². The molecule has 0 aromatic rings. The molecule has 0 radical (unpaired) electrons. The number of rotatable bonds is 8. The van der Waals surface area contributed by atoms with Crippen molar-refractivity contribution in [3.05, 3.63) is 0 Å². The van der Waals surface area contributed by atoms with E-state index in [1.165, 1.54) is 25.8 Å². The Kier molecular flexibility index (Phi) is 6.09. The maximum absolute atomic E-state index is 9.62. The fourth-order valence-electron chi connectivity index (χ4n) is 2.94. The summed E-state index contributed by atoms with van der Waals surface area (Å²) in [5, 5.41) is 13.1. The van der Waals surface area contributed by atoms with Crippen LogP contribution in [0.1, 0.15) is 53.4 Å². The molecule has 0 heterocycles. The summed E-state index contributed by atoms with van der Waals surface area (Å²) in [6, 6.07) is 0.917. The van der Waals surface area contributed by atoms with E-state index in [0.717, 1.165) is 12.3 Å². The Bertz CT molecular complexity index is 241. The molecule has 108 valence electrons. The number of nitrogens with one attached hydrogen (secondary N) is 1. The SMILES string of the molecule is CC(C)NC(C)(CO)CC(C)N(C)CC1CCC1. The molecule has 3 heteroatoms. The van der Waals surface area contributed by atoms with Crippen molar-refractivity contribution in [2.45, 2.75) is 71.0 Å². The van der Waals surface area contributed by atoms with Crippen molar-refractivity contribution >= 4 is 0 Å². The van der Waals surface area contributed by atoms with Crippen LogP contribution in [0.4, 0.5) is 0 Å². The Hall–Kier alpha value is -0.120. The van der Waals surface area contributed by atoms with Crippen LogP contribution in [0.3, 0.4) is 0 Å². The van der Waals surface area contributed by atoms with E-state index in [2.05, 4.69) is 45.0 Å². The lowest BCUT2D eigenvalue weighted by molar-refractivity contribution is 0.103. The van der Waals surface area contributed by atoms with Gasteiger partial charge in [-0.15, -0.1) is 0 Å². The van der Waals surface area contributed by atoms with Gasteiger partial charge in [-0.3, -0.25) is 0 Å². The van der Waals surface area contributed by atoms with Crippen molar-refractivity contribution in [3.8, 4) is 0 Å². The van der Waals surface area contributed by atoms with Crippen LogP contribution in [0, 0.1) is 5.92 Å². The van der Waals surface area contributed by atoms with Gasteiger partial charge >= 0.3 is 0 Å². The fraction of sp³-hybridized carbons (Fsp3) is 1.00. The zero-order chi connectivity index (χ0) is 13.8. The average molecular weight is 256 g/mol. The molecule has 18 heavy (non-hydrogen) atoms. The average Bonchev–Trinajstić information content (AvgIpc) is 2.21. The quantitative estimate of drug-likeness (QED) is 0.699. The van der Waals surface area contributed by atoms with Crippen LogP contribution in [-0.4, -0.2) is 47.8 Å². The monoisotopic (exact) mass is 256 g/mol. The van der Waals surface area contributed by atoms with E-state index in [1.807, 2.05) is 0 Å². The summed E-state index contributed by atoms with van der Waals surface area (Å²) in [7, 11) is 2.22. The molecule has 2 unspecified atom stereocenters. The maximum Gasteiger partial charge on any atom is 0.0611 e. The predicted octanol–water partition coefficient (Wildman–Crippen LogP) is 2.25. The highest BCUT2D eigenvalue weighted by molar-refractivity contribution is 4.88. The first kappa shape index (κ1) is 15.9. The van der Waals surface area contributed by atoms with E-state index in [0.29, 0.717) is 12.1 Å². The largest absolute Gasteiger partial charge is 0.394 e. The molecule has 0 aromatic heterocycles. The minimum atomic E-state index is -0.165. The first-order chi connectivity index (χ1) is 8.36. The molecule has 0 aromatic carbocycles. The Morgan fingerprint density at radius 3 is 2.33 bits per heavy atom. The van der Waals surface area contributed by atoms with Crippen molar-refractivity contribution in [2.75, 3.05) is 20.2 Å². The first-order valence-corrected chi connectivity index (χ1v) is 7.45. The van der Waals surface area contributed by atoms with Gasteiger partial charge in [0, 0.05) is 24.2 Å². The van der Waals surface area contributed by atoms with Crippen molar-refractivity contribution in [1.29, 1.82) is 0 Å². The van der Waals surface area contributed by atoms with E-state index in [1.54, 1.807) is 0 Å². The summed E-state index contributed by atoms with van der Waals surface area (Å²) in [5.74, 6) is 0.913. The van der Waals surface area contributed by atoms with Gasteiger partial charge in [0.1, 0.15) is 0 Å². The minimum Gasteiger partial charge on any atom is -0.394 e. The van der Waals surface area contributed by atoms with Crippen LogP contribution >= 0.6 is 0 Å². The second kappa shape index (κ2) is 6.88. The molecule has 1 saturated carbocycles. The van der Waals surface area contributed by atoms with Gasteiger partial charge in [-0.05, 0) is 46.1 Å². The van der Waals surface area contributed by atoms with Crippen molar-refractivity contribution in [2.24, 2.45) is 5.92 Å². The molecule has 0 bridgehead atoms. The fourth-order valence-corrected chi connectivity index (χ4v) is 2.94. The highest BCUT2D eigenvalue weighted by atomic mass is 16.3. The van der Waals surface area contributed by atoms with Gasteiger partial charge in [0.15, 0.2) is 0 Å². The number of aliphatic hydroxyl groups excluding tert-OH is 1. The van der Waals surface area contributed by atoms with Crippen molar-refractivity contribution in [3.63, 3.8) is 0 Å². The summed E-state index contributed by atoms with van der Waals surface area (Å²) in [6.45, 7) is 10.1. The molecule has 1 aliphatic rings. The van der Waals surface area contributed by atoms with E-state index in [-0.39, 0.29) is 12.1 Å². The zero-order valence-electron chi connectivity index (χ0n) is 12.9. The molecule has 0 amide bonds. The molecule has 2 N–H and O–H groups in total. The molecule has 1 fully saturated rings. The maximum atomic E-state index is 9.62. The van der Waals surface area contributed by atoms with Crippen LogP contribution in [0.25, 0.3) is 0 Å². The molecule has 2 atom stereocenters. The van der Waals surface area contributed by atoms with Gasteiger partial charge in [0.2, 0.25) is 0 Å². The van der Waals surface area contributed by atoms with Crippen LogP contribution in [-0.2, 0) is 0 Å². The van der Waals surface area contributed by atoms with Gasteiger partial charge in [-0.2, -0.15) is 0 Å². The molecule has 3 nitrogen and oxygen atoms in total.